The minimum Gasteiger partial charge on any atom is -0.461 e. The first-order valence-corrected chi connectivity index (χ1v) is 9.15. The molecule has 0 spiro atoms. The molecule has 2 amide bonds. The molecule has 0 bridgehead atoms. The van der Waals surface area contributed by atoms with Crippen LogP contribution in [0.25, 0.3) is 10.8 Å². The number of rotatable bonds is 5. The van der Waals surface area contributed by atoms with Crippen molar-refractivity contribution in [3.05, 3.63) is 54.1 Å². The standard InChI is InChI=1S/C21H20N2O5/c1-2-18(24)28-13-10-23-20(25)15-5-3-4-14-17(22-8-11-27-12-9-22)7-6-16(19(14)15)21(23)26/h2-7H,1,8-13H2. The number of esters is 1. The summed E-state index contributed by atoms with van der Waals surface area (Å²) in [6, 6.07) is 9.20. The van der Waals surface area contributed by atoms with Crippen molar-refractivity contribution in [1.29, 1.82) is 0 Å². The van der Waals surface area contributed by atoms with E-state index in [0.717, 1.165) is 35.1 Å². The van der Waals surface area contributed by atoms with Gasteiger partial charge in [0.15, 0.2) is 0 Å². The highest BCUT2D eigenvalue weighted by Crippen LogP contribution is 2.36. The number of carbonyl (C=O) groups excluding carboxylic acids is 3. The molecule has 0 unspecified atom stereocenters. The number of nitrogens with zero attached hydrogens (tertiary/aromatic N) is 2. The summed E-state index contributed by atoms with van der Waals surface area (Å²) in [5, 5.41) is 1.57. The first kappa shape index (κ1) is 18.2. The van der Waals surface area contributed by atoms with Crippen LogP contribution >= 0.6 is 0 Å². The topological polar surface area (TPSA) is 76.2 Å². The van der Waals surface area contributed by atoms with E-state index in [1.165, 1.54) is 0 Å². The molecule has 2 aliphatic rings. The fraction of sp³-hybridized carbons (Fsp3) is 0.286. The second-order valence-electron chi connectivity index (χ2n) is 6.59. The molecule has 2 aromatic carbocycles. The molecule has 28 heavy (non-hydrogen) atoms. The minimum atomic E-state index is -0.588. The summed E-state index contributed by atoms with van der Waals surface area (Å²) in [6.45, 7) is 6.08. The van der Waals surface area contributed by atoms with Crippen LogP contribution in [-0.4, -0.2) is 62.1 Å². The smallest absolute Gasteiger partial charge is 0.330 e. The lowest BCUT2D eigenvalue weighted by Crippen LogP contribution is -2.42. The molecular formula is C21H20N2O5. The van der Waals surface area contributed by atoms with Gasteiger partial charge in [-0.05, 0) is 18.2 Å². The van der Waals surface area contributed by atoms with Crippen LogP contribution in [-0.2, 0) is 14.3 Å². The van der Waals surface area contributed by atoms with Crippen LogP contribution in [0.1, 0.15) is 20.7 Å². The van der Waals surface area contributed by atoms with Crippen molar-refractivity contribution in [2.45, 2.75) is 0 Å². The molecule has 7 nitrogen and oxygen atoms in total. The normalized spacial score (nSPS) is 16.4. The molecular weight excluding hydrogens is 360 g/mol. The van der Waals surface area contributed by atoms with Crippen molar-refractivity contribution in [1.82, 2.24) is 4.90 Å². The Bertz CT molecular complexity index is 956. The number of hydrogen-bond acceptors (Lipinski definition) is 6. The molecule has 0 radical (unpaired) electrons. The Morgan fingerprint density at radius 1 is 1.11 bits per heavy atom. The maximum Gasteiger partial charge on any atom is 0.330 e. The summed E-state index contributed by atoms with van der Waals surface area (Å²) in [6.07, 6.45) is 1.04. The van der Waals surface area contributed by atoms with E-state index in [0.29, 0.717) is 29.7 Å². The molecule has 1 saturated heterocycles. The maximum atomic E-state index is 13.0. The molecule has 7 heteroatoms. The lowest BCUT2D eigenvalue weighted by atomic mass is 9.92. The van der Waals surface area contributed by atoms with Crippen LogP contribution < -0.4 is 4.90 Å². The summed E-state index contributed by atoms with van der Waals surface area (Å²) in [4.78, 5) is 40.5. The highest BCUT2D eigenvalue weighted by atomic mass is 16.5. The van der Waals surface area contributed by atoms with Crippen LogP contribution in [0.4, 0.5) is 5.69 Å². The van der Waals surface area contributed by atoms with E-state index >= 15 is 0 Å². The first-order chi connectivity index (χ1) is 13.6. The molecule has 2 heterocycles. The van der Waals surface area contributed by atoms with Gasteiger partial charge in [-0.1, -0.05) is 18.7 Å². The van der Waals surface area contributed by atoms with Gasteiger partial charge in [0.2, 0.25) is 0 Å². The maximum absolute atomic E-state index is 13.0. The van der Waals surface area contributed by atoms with Crippen molar-refractivity contribution in [2.75, 3.05) is 44.4 Å². The number of benzene rings is 2. The van der Waals surface area contributed by atoms with E-state index in [-0.39, 0.29) is 25.0 Å². The number of anilines is 1. The van der Waals surface area contributed by atoms with Crippen LogP contribution in [0, 0.1) is 0 Å². The van der Waals surface area contributed by atoms with Gasteiger partial charge in [0, 0.05) is 46.8 Å². The molecule has 2 aromatic rings. The molecule has 1 fully saturated rings. The Kier molecular flexibility index (Phi) is 4.83. The number of ether oxygens (including phenoxy) is 2. The van der Waals surface area contributed by atoms with Gasteiger partial charge in [-0.15, -0.1) is 0 Å². The quantitative estimate of drug-likeness (QED) is 0.449. The highest BCUT2D eigenvalue weighted by Gasteiger charge is 2.33. The summed E-state index contributed by atoms with van der Waals surface area (Å²) < 4.78 is 10.4. The minimum absolute atomic E-state index is 0.00170. The van der Waals surface area contributed by atoms with Gasteiger partial charge in [0.25, 0.3) is 11.8 Å². The zero-order chi connectivity index (χ0) is 19.7. The fourth-order valence-electron chi connectivity index (χ4n) is 3.71. The third kappa shape index (κ3) is 3.03. The molecule has 0 aromatic heterocycles. The Morgan fingerprint density at radius 2 is 1.82 bits per heavy atom. The Morgan fingerprint density at radius 3 is 2.54 bits per heavy atom. The van der Waals surface area contributed by atoms with E-state index in [9.17, 15) is 14.4 Å². The Labute approximate surface area is 162 Å². The predicted octanol–water partition coefficient (Wildman–Crippen LogP) is 2.00. The van der Waals surface area contributed by atoms with Gasteiger partial charge >= 0.3 is 5.97 Å². The number of imide groups is 1. The number of hydrogen-bond donors (Lipinski definition) is 0. The summed E-state index contributed by atoms with van der Waals surface area (Å²) >= 11 is 0. The second-order valence-corrected chi connectivity index (χ2v) is 6.59. The average Bonchev–Trinajstić information content (AvgIpc) is 2.74. The Hall–Kier alpha value is -3.19. The van der Waals surface area contributed by atoms with Crippen LogP contribution in [0.15, 0.2) is 43.0 Å². The monoisotopic (exact) mass is 380 g/mol. The van der Waals surface area contributed by atoms with Gasteiger partial charge in [-0.3, -0.25) is 14.5 Å². The van der Waals surface area contributed by atoms with Gasteiger partial charge in [0.1, 0.15) is 6.61 Å². The zero-order valence-corrected chi connectivity index (χ0v) is 15.3. The van der Waals surface area contributed by atoms with E-state index in [1.807, 2.05) is 18.2 Å². The third-order valence-electron chi connectivity index (χ3n) is 5.05. The number of carbonyl (C=O) groups is 3. The lowest BCUT2D eigenvalue weighted by Gasteiger charge is -2.32. The lowest BCUT2D eigenvalue weighted by molar-refractivity contribution is -0.137. The van der Waals surface area contributed by atoms with Crippen molar-refractivity contribution < 1.29 is 23.9 Å². The molecule has 0 saturated carbocycles. The molecule has 2 aliphatic heterocycles. The van der Waals surface area contributed by atoms with Crippen LogP contribution in [0.5, 0.6) is 0 Å². The van der Waals surface area contributed by atoms with Gasteiger partial charge < -0.3 is 14.4 Å². The SMILES string of the molecule is C=CC(=O)OCCN1C(=O)c2cccc3c(N4CCOCC4)ccc(c23)C1=O. The average molecular weight is 380 g/mol. The van der Waals surface area contributed by atoms with Gasteiger partial charge in [-0.25, -0.2) is 4.79 Å². The van der Waals surface area contributed by atoms with Gasteiger partial charge in [-0.2, -0.15) is 0 Å². The second kappa shape index (κ2) is 7.44. The van der Waals surface area contributed by atoms with E-state index in [1.54, 1.807) is 12.1 Å². The number of morpholine rings is 1. The van der Waals surface area contributed by atoms with Crippen molar-refractivity contribution in [3.63, 3.8) is 0 Å². The van der Waals surface area contributed by atoms with Crippen LogP contribution in [0.3, 0.4) is 0 Å². The molecule has 0 atom stereocenters. The first-order valence-electron chi connectivity index (χ1n) is 9.15. The predicted molar refractivity (Wildman–Crippen MR) is 104 cm³/mol. The van der Waals surface area contributed by atoms with Gasteiger partial charge in [0.05, 0.1) is 19.8 Å². The van der Waals surface area contributed by atoms with Crippen molar-refractivity contribution >= 4 is 34.2 Å². The zero-order valence-electron chi connectivity index (χ0n) is 15.3. The van der Waals surface area contributed by atoms with E-state index < -0.39 is 5.97 Å². The van der Waals surface area contributed by atoms with E-state index in [2.05, 4.69) is 11.5 Å². The molecule has 144 valence electrons. The fourth-order valence-corrected chi connectivity index (χ4v) is 3.71. The number of amides is 2. The third-order valence-corrected chi connectivity index (χ3v) is 5.05. The van der Waals surface area contributed by atoms with Crippen LogP contribution in [0.2, 0.25) is 0 Å². The largest absolute Gasteiger partial charge is 0.461 e. The summed E-state index contributed by atoms with van der Waals surface area (Å²) in [5.41, 5.74) is 1.97. The molecule has 0 N–H and O–H groups in total. The molecule has 0 aliphatic carbocycles. The highest BCUT2D eigenvalue weighted by molar-refractivity contribution is 6.26. The summed E-state index contributed by atoms with van der Waals surface area (Å²) in [5.74, 6) is -1.34. The molecule has 4 rings (SSSR count). The van der Waals surface area contributed by atoms with Crippen molar-refractivity contribution in [2.24, 2.45) is 0 Å². The van der Waals surface area contributed by atoms with Crippen molar-refractivity contribution in [3.8, 4) is 0 Å². The Balaban J connectivity index is 1.70. The summed E-state index contributed by atoms with van der Waals surface area (Å²) in [7, 11) is 0. The van der Waals surface area contributed by atoms with E-state index in [4.69, 9.17) is 9.47 Å².